The molecule has 0 aromatic carbocycles. The summed E-state index contributed by atoms with van der Waals surface area (Å²) in [6.07, 6.45) is 3.26. The Morgan fingerprint density at radius 1 is 1.40 bits per heavy atom. The zero-order chi connectivity index (χ0) is 14.7. The standard InChI is InChI=1S/C16H24N2O2/c1-11(2)15-7-6-13(9-17-15)16(20)18-8-4-5-14(10-18)12(3)19/h6-7,9,11-12,14,19H,4-5,8,10H2,1-3H3. The van der Waals surface area contributed by atoms with Crippen LogP contribution in [0.5, 0.6) is 0 Å². The van der Waals surface area contributed by atoms with Gasteiger partial charge in [0.2, 0.25) is 0 Å². The minimum absolute atomic E-state index is 0.0261. The third-order valence-corrected chi connectivity index (χ3v) is 4.05. The van der Waals surface area contributed by atoms with Crippen molar-refractivity contribution in [2.75, 3.05) is 13.1 Å². The molecule has 1 aromatic rings. The van der Waals surface area contributed by atoms with E-state index in [9.17, 15) is 9.90 Å². The van der Waals surface area contributed by atoms with E-state index in [1.54, 1.807) is 13.1 Å². The molecule has 2 rings (SSSR count). The van der Waals surface area contributed by atoms with E-state index in [4.69, 9.17) is 0 Å². The van der Waals surface area contributed by atoms with Crippen molar-refractivity contribution in [3.8, 4) is 0 Å². The van der Waals surface area contributed by atoms with Gasteiger partial charge < -0.3 is 10.0 Å². The maximum absolute atomic E-state index is 12.5. The summed E-state index contributed by atoms with van der Waals surface area (Å²) in [5.41, 5.74) is 1.64. The summed E-state index contributed by atoms with van der Waals surface area (Å²) in [4.78, 5) is 18.6. The van der Waals surface area contributed by atoms with Crippen molar-refractivity contribution >= 4 is 5.91 Å². The Hall–Kier alpha value is -1.42. The number of nitrogens with zero attached hydrogens (tertiary/aromatic N) is 2. The summed E-state index contributed by atoms with van der Waals surface area (Å²) in [6, 6.07) is 3.78. The normalized spacial score (nSPS) is 21.1. The highest BCUT2D eigenvalue weighted by Crippen LogP contribution is 2.21. The van der Waals surface area contributed by atoms with Crippen molar-refractivity contribution in [2.45, 2.75) is 45.6 Å². The van der Waals surface area contributed by atoms with Gasteiger partial charge in [0.15, 0.2) is 0 Å². The first kappa shape index (κ1) is 15.0. The predicted molar refractivity (Wildman–Crippen MR) is 78.6 cm³/mol. The number of hydrogen-bond acceptors (Lipinski definition) is 3. The zero-order valence-corrected chi connectivity index (χ0v) is 12.5. The number of aliphatic hydroxyl groups excluding tert-OH is 1. The van der Waals surface area contributed by atoms with Crippen LogP contribution in [-0.2, 0) is 0 Å². The Bertz CT molecular complexity index is 454. The minimum atomic E-state index is -0.355. The molecule has 1 fully saturated rings. The lowest BCUT2D eigenvalue weighted by molar-refractivity contribution is 0.0465. The SMILES string of the molecule is CC(C)c1ccc(C(=O)N2CCCC(C(C)O)C2)cn1. The Labute approximate surface area is 120 Å². The molecule has 1 aliphatic rings. The number of aromatic nitrogens is 1. The molecule has 1 amide bonds. The lowest BCUT2D eigenvalue weighted by atomic mass is 9.93. The van der Waals surface area contributed by atoms with E-state index in [2.05, 4.69) is 18.8 Å². The average Bonchev–Trinajstić information content (AvgIpc) is 2.46. The molecule has 1 aromatic heterocycles. The lowest BCUT2D eigenvalue weighted by Crippen LogP contribution is -2.43. The summed E-state index contributed by atoms with van der Waals surface area (Å²) in [7, 11) is 0. The topological polar surface area (TPSA) is 53.4 Å². The van der Waals surface area contributed by atoms with Crippen molar-refractivity contribution in [2.24, 2.45) is 5.92 Å². The van der Waals surface area contributed by atoms with Crippen LogP contribution in [0.4, 0.5) is 0 Å². The molecule has 2 heterocycles. The van der Waals surface area contributed by atoms with Gasteiger partial charge >= 0.3 is 0 Å². The molecule has 0 spiro atoms. The van der Waals surface area contributed by atoms with E-state index < -0.39 is 0 Å². The molecule has 1 N–H and O–H groups in total. The van der Waals surface area contributed by atoms with Gasteiger partial charge in [-0.3, -0.25) is 9.78 Å². The van der Waals surface area contributed by atoms with Gasteiger partial charge in [0.1, 0.15) is 0 Å². The molecule has 110 valence electrons. The molecule has 0 aliphatic carbocycles. The van der Waals surface area contributed by atoms with Crippen LogP contribution in [-0.4, -0.2) is 40.1 Å². The van der Waals surface area contributed by atoms with E-state index >= 15 is 0 Å². The molecular weight excluding hydrogens is 252 g/mol. The largest absolute Gasteiger partial charge is 0.393 e. The van der Waals surface area contributed by atoms with E-state index in [0.29, 0.717) is 18.0 Å². The number of piperidine rings is 1. The average molecular weight is 276 g/mol. The van der Waals surface area contributed by atoms with Crippen molar-refractivity contribution in [3.63, 3.8) is 0 Å². The number of pyridine rings is 1. The fourth-order valence-corrected chi connectivity index (χ4v) is 2.64. The van der Waals surface area contributed by atoms with Crippen LogP contribution in [0.3, 0.4) is 0 Å². The first-order valence-corrected chi connectivity index (χ1v) is 7.42. The number of amides is 1. The van der Waals surface area contributed by atoms with Crippen molar-refractivity contribution < 1.29 is 9.90 Å². The highest BCUT2D eigenvalue weighted by atomic mass is 16.3. The van der Waals surface area contributed by atoms with Gasteiger partial charge in [0.05, 0.1) is 11.7 Å². The van der Waals surface area contributed by atoms with Crippen LogP contribution in [0.1, 0.15) is 55.6 Å². The molecule has 1 saturated heterocycles. The first-order chi connectivity index (χ1) is 9.49. The molecule has 4 nitrogen and oxygen atoms in total. The Morgan fingerprint density at radius 3 is 2.70 bits per heavy atom. The quantitative estimate of drug-likeness (QED) is 0.922. The van der Waals surface area contributed by atoms with Gasteiger partial charge in [-0.2, -0.15) is 0 Å². The molecule has 20 heavy (non-hydrogen) atoms. The second-order valence-corrected chi connectivity index (χ2v) is 6.02. The first-order valence-electron chi connectivity index (χ1n) is 7.42. The summed E-state index contributed by atoms with van der Waals surface area (Å²) in [5, 5.41) is 9.69. The van der Waals surface area contributed by atoms with Crippen molar-refractivity contribution in [1.82, 2.24) is 9.88 Å². The smallest absolute Gasteiger partial charge is 0.255 e. The van der Waals surface area contributed by atoms with Gasteiger partial charge in [-0.05, 0) is 37.8 Å². The van der Waals surface area contributed by atoms with Crippen LogP contribution in [0.2, 0.25) is 0 Å². The van der Waals surface area contributed by atoms with Crippen molar-refractivity contribution in [3.05, 3.63) is 29.6 Å². The second-order valence-electron chi connectivity index (χ2n) is 6.02. The minimum Gasteiger partial charge on any atom is -0.393 e. The summed E-state index contributed by atoms with van der Waals surface area (Å²) >= 11 is 0. The molecule has 4 heteroatoms. The van der Waals surface area contributed by atoms with Crippen LogP contribution < -0.4 is 0 Å². The Balaban J connectivity index is 2.06. The number of hydrogen-bond donors (Lipinski definition) is 1. The summed E-state index contributed by atoms with van der Waals surface area (Å²) in [5.74, 6) is 0.586. The van der Waals surface area contributed by atoms with E-state index in [1.165, 1.54) is 0 Å². The van der Waals surface area contributed by atoms with E-state index in [-0.39, 0.29) is 17.9 Å². The maximum Gasteiger partial charge on any atom is 0.255 e. The molecule has 0 saturated carbocycles. The second kappa shape index (κ2) is 6.35. The molecule has 2 atom stereocenters. The monoisotopic (exact) mass is 276 g/mol. The highest BCUT2D eigenvalue weighted by Gasteiger charge is 2.27. The summed E-state index contributed by atoms with van der Waals surface area (Å²) < 4.78 is 0. The van der Waals surface area contributed by atoms with Gasteiger partial charge in [0.25, 0.3) is 5.91 Å². The van der Waals surface area contributed by atoms with E-state index in [1.807, 2.05) is 17.0 Å². The third kappa shape index (κ3) is 3.37. The zero-order valence-electron chi connectivity index (χ0n) is 12.5. The van der Waals surface area contributed by atoms with Gasteiger partial charge in [0, 0.05) is 30.9 Å². The van der Waals surface area contributed by atoms with Gasteiger partial charge in [-0.25, -0.2) is 0 Å². The predicted octanol–water partition coefficient (Wildman–Crippen LogP) is 2.44. The van der Waals surface area contributed by atoms with Gasteiger partial charge in [-0.1, -0.05) is 13.8 Å². The molecular formula is C16H24N2O2. The summed E-state index contributed by atoms with van der Waals surface area (Å²) in [6.45, 7) is 7.39. The molecule has 2 unspecified atom stereocenters. The number of aliphatic hydroxyl groups is 1. The highest BCUT2D eigenvalue weighted by molar-refractivity contribution is 5.94. The molecule has 1 aliphatic heterocycles. The van der Waals surface area contributed by atoms with Gasteiger partial charge in [-0.15, -0.1) is 0 Å². The number of carbonyl (C=O) groups excluding carboxylic acids is 1. The molecule has 0 radical (unpaired) electrons. The lowest BCUT2D eigenvalue weighted by Gasteiger charge is -2.34. The van der Waals surface area contributed by atoms with Crippen LogP contribution >= 0.6 is 0 Å². The third-order valence-electron chi connectivity index (χ3n) is 4.05. The fraction of sp³-hybridized carbons (Fsp3) is 0.625. The number of carbonyl (C=O) groups is 1. The number of likely N-dealkylation sites (tertiary alicyclic amines) is 1. The maximum atomic E-state index is 12.5. The molecule has 0 bridgehead atoms. The van der Waals surface area contributed by atoms with Crippen molar-refractivity contribution in [1.29, 1.82) is 0 Å². The fourth-order valence-electron chi connectivity index (χ4n) is 2.64. The van der Waals surface area contributed by atoms with Crippen LogP contribution in [0, 0.1) is 5.92 Å². The Kier molecular flexibility index (Phi) is 4.76. The number of rotatable bonds is 3. The van der Waals surface area contributed by atoms with Crippen LogP contribution in [0.15, 0.2) is 18.3 Å². The Morgan fingerprint density at radius 2 is 2.15 bits per heavy atom. The van der Waals surface area contributed by atoms with Crippen LogP contribution in [0.25, 0.3) is 0 Å². The van der Waals surface area contributed by atoms with E-state index in [0.717, 1.165) is 25.1 Å².